The minimum atomic E-state index is -0.109. The summed E-state index contributed by atoms with van der Waals surface area (Å²) in [7, 11) is 0. The largest absolute Gasteiger partial charge is 0.256 e. The van der Waals surface area contributed by atoms with Crippen molar-refractivity contribution in [3.63, 3.8) is 0 Å². The van der Waals surface area contributed by atoms with Gasteiger partial charge in [-0.3, -0.25) is 4.98 Å². The van der Waals surface area contributed by atoms with E-state index in [0.29, 0.717) is 0 Å². The van der Waals surface area contributed by atoms with Gasteiger partial charge >= 0.3 is 0 Å². The molecule has 7 aromatic rings. The van der Waals surface area contributed by atoms with Gasteiger partial charge in [0.1, 0.15) is 0 Å². The van der Waals surface area contributed by atoms with Gasteiger partial charge in [0.05, 0.1) is 5.69 Å². The van der Waals surface area contributed by atoms with Crippen LogP contribution in [0.25, 0.3) is 65.8 Å². The molecule has 0 bridgehead atoms. The van der Waals surface area contributed by atoms with E-state index in [2.05, 4.69) is 128 Å². The van der Waals surface area contributed by atoms with Crippen molar-refractivity contribution in [2.45, 2.75) is 19.3 Å². The Morgan fingerprint density at radius 2 is 1.23 bits per heavy atom. The number of nitrogens with zero attached hydrogens (tertiary/aromatic N) is 1. The second-order valence-corrected chi connectivity index (χ2v) is 11.2. The van der Waals surface area contributed by atoms with Crippen molar-refractivity contribution in [1.82, 2.24) is 4.98 Å². The predicted octanol–water partition coefficient (Wildman–Crippen LogP) is 10.2. The van der Waals surface area contributed by atoms with Gasteiger partial charge in [-0.2, -0.15) is 0 Å². The molecule has 1 aromatic heterocycles. The first-order chi connectivity index (χ1) is 19.1. The lowest BCUT2D eigenvalue weighted by molar-refractivity contribution is 0.651. The molecule has 1 aliphatic rings. The number of fused-ring (bicyclic) bond motifs is 5. The SMILES string of the molecule is CC1(C)c2ccccc2-c2cccc3c(-c4ccc5ccc(-c6ccccn6)cc5c4)c4ccccc4c1c23. The molecule has 39 heavy (non-hydrogen) atoms. The van der Waals surface area contributed by atoms with E-state index in [-0.39, 0.29) is 5.41 Å². The van der Waals surface area contributed by atoms with Crippen LogP contribution in [0.3, 0.4) is 0 Å². The number of pyridine rings is 1. The van der Waals surface area contributed by atoms with E-state index in [1.165, 1.54) is 65.7 Å². The van der Waals surface area contributed by atoms with Crippen LogP contribution in [0.4, 0.5) is 0 Å². The number of hydrogen-bond acceptors (Lipinski definition) is 1. The Hall–Kier alpha value is -4.75. The number of benzene rings is 6. The Morgan fingerprint density at radius 1 is 0.538 bits per heavy atom. The predicted molar refractivity (Wildman–Crippen MR) is 165 cm³/mol. The van der Waals surface area contributed by atoms with Gasteiger partial charge < -0.3 is 0 Å². The van der Waals surface area contributed by atoms with Gasteiger partial charge in [-0.1, -0.05) is 111 Å². The van der Waals surface area contributed by atoms with E-state index >= 15 is 0 Å². The molecule has 1 aliphatic carbocycles. The maximum absolute atomic E-state index is 4.59. The molecule has 0 saturated heterocycles. The van der Waals surface area contributed by atoms with Crippen LogP contribution < -0.4 is 0 Å². The zero-order valence-electron chi connectivity index (χ0n) is 22.1. The highest BCUT2D eigenvalue weighted by molar-refractivity contribution is 6.20. The summed E-state index contributed by atoms with van der Waals surface area (Å²) < 4.78 is 0. The molecule has 1 heterocycles. The van der Waals surface area contributed by atoms with Gasteiger partial charge in [-0.15, -0.1) is 0 Å². The number of hydrogen-bond donors (Lipinski definition) is 0. The molecule has 0 saturated carbocycles. The van der Waals surface area contributed by atoms with Crippen LogP contribution in [0.5, 0.6) is 0 Å². The van der Waals surface area contributed by atoms with Crippen LogP contribution in [0.2, 0.25) is 0 Å². The average molecular weight is 498 g/mol. The highest BCUT2D eigenvalue weighted by Crippen LogP contribution is 2.53. The van der Waals surface area contributed by atoms with Gasteiger partial charge in [0.25, 0.3) is 0 Å². The van der Waals surface area contributed by atoms with Gasteiger partial charge in [-0.25, -0.2) is 0 Å². The Labute approximate surface area is 228 Å². The Morgan fingerprint density at radius 3 is 2.08 bits per heavy atom. The van der Waals surface area contributed by atoms with Crippen LogP contribution >= 0.6 is 0 Å². The zero-order valence-corrected chi connectivity index (χ0v) is 22.1. The summed E-state index contributed by atoms with van der Waals surface area (Å²) in [5, 5.41) is 7.83. The van der Waals surface area contributed by atoms with Gasteiger partial charge in [0.15, 0.2) is 0 Å². The van der Waals surface area contributed by atoms with Crippen LogP contribution in [-0.2, 0) is 5.41 Å². The van der Waals surface area contributed by atoms with Crippen molar-refractivity contribution in [2.24, 2.45) is 0 Å². The highest BCUT2D eigenvalue weighted by Gasteiger charge is 2.35. The first-order valence-electron chi connectivity index (χ1n) is 13.6. The molecule has 6 aromatic carbocycles. The van der Waals surface area contributed by atoms with Crippen molar-refractivity contribution < 1.29 is 0 Å². The summed E-state index contributed by atoms with van der Waals surface area (Å²) in [6.07, 6.45) is 1.86. The van der Waals surface area contributed by atoms with Crippen LogP contribution in [0.15, 0.2) is 128 Å². The molecule has 0 aliphatic heterocycles. The third-order valence-electron chi connectivity index (χ3n) is 8.65. The first-order valence-corrected chi connectivity index (χ1v) is 13.6. The molecular formula is C38H27N. The Kier molecular flexibility index (Phi) is 4.63. The zero-order chi connectivity index (χ0) is 26.1. The quantitative estimate of drug-likeness (QED) is 0.217. The smallest absolute Gasteiger partial charge is 0.0702 e. The molecule has 0 atom stereocenters. The highest BCUT2D eigenvalue weighted by atomic mass is 14.7. The summed E-state index contributed by atoms with van der Waals surface area (Å²) in [4.78, 5) is 4.59. The lowest BCUT2D eigenvalue weighted by Gasteiger charge is -2.37. The second-order valence-electron chi connectivity index (χ2n) is 11.2. The molecule has 0 spiro atoms. The van der Waals surface area contributed by atoms with E-state index in [1.54, 1.807) is 0 Å². The fourth-order valence-corrected chi connectivity index (χ4v) is 6.91. The maximum Gasteiger partial charge on any atom is 0.0702 e. The number of rotatable bonds is 2. The normalized spacial score (nSPS) is 13.6. The average Bonchev–Trinajstić information content (AvgIpc) is 2.99. The molecular weight excluding hydrogens is 470 g/mol. The molecule has 1 nitrogen and oxygen atoms in total. The molecule has 0 unspecified atom stereocenters. The third kappa shape index (κ3) is 3.17. The topological polar surface area (TPSA) is 12.9 Å². The fourth-order valence-electron chi connectivity index (χ4n) is 6.91. The van der Waals surface area contributed by atoms with E-state index in [4.69, 9.17) is 0 Å². The summed E-state index contributed by atoms with van der Waals surface area (Å²) in [6.45, 7) is 4.77. The summed E-state index contributed by atoms with van der Waals surface area (Å²) in [5.41, 5.74) is 10.1. The number of aromatic nitrogens is 1. The fraction of sp³-hybridized carbons (Fsp3) is 0.0789. The van der Waals surface area contributed by atoms with Crippen molar-refractivity contribution >= 4 is 32.3 Å². The molecule has 0 fully saturated rings. The maximum atomic E-state index is 4.59. The molecule has 1 heteroatoms. The van der Waals surface area contributed by atoms with Gasteiger partial charge in [0.2, 0.25) is 0 Å². The van der Waals surface area contributed by atoms with E-state index in [0.717, 1.165) is 11.3 Å². The lowest BCUT2D eigenvalue weighted by Crippen LogP contribution is -2.24. The summed E-state index contributed by atoms with van der Waals surface area (Å²) in [6, 6.07) is 44.4. The minimum Gasteiger partial charge on any atom is -0.256 e. The standard InChI is InChI=1S/C38H27N/c1-38(2)33-15-6-5-10-28(33)29-13-9-14-32-35(30-11-3-4-12-31(30)37(38)36(29)32)26-20-18-24-17-19-25(22-27(24)23-26)34-16-7-8-21-39-34/h3-23H,1-2H3. The van der Waals surface area contributed by atoms with Crippen LogP contribution in [-0.4, -0.2) is 4.98 Å². The summed E-state index contributed by atoms with van der Waals surface area (Å²) >= 11 is 0. The molecule has 184 valence electrons. The third-order valence-corrected chi connectivity index (χ3v) is 8.65. The molecule has 0 radical (unpaired) electrons. The van der Waals surface area contributed by atoms with Crippen LogP contribution in [0, 0.1) is 0 Å². The first kappa shape index (κ1) is 22.3. The minimum absolute atomic E-state index is 0.109. The van der Waals surface area contributed by atoms with E-state index < -0.39 is 0 Å². The van der Waals surface area contributed by atoms with Crippen molar-refractivity contribution in [3.05, 3.63) is 139 Å². The molecule has 0 amide bonds. The Bertz CT molecular complexity index is 2080. The summed E-state index contributed by atoms with van der Waals surface area (Å²) in [5.74, 6) is 0. The van der Waals surface area contributed by atoms with Crippen molar-refractivity contribution in [3.8, 4) is 33.5 Å². The van der Waals surface area contributed by atoms with E-state index in [9.17, 15) is 0 Å². The van der Waals surface area contributed by atoms with Crippen molar-refractivity contribution in [2.75, 3.05) is 0 Å². The molecule has 8 rings (SSSR count). The van der Waals surface area contributed by atoms with Gasteiger partial charge in [-0.05, 0) is 90.0 Å². The monoisotopic (exact) mass is 497 g/mol. The van der Waals surface area contributed by atoms with Crippen LogP contribution in [0.1, 0.15) is 25.0 Å². The van der Waals surface area contributed by atoms with Gasteiger partial charge in [0, 0.05) is 17.2 Å². The van der Waals surface area contributed by atoms with Crippen molar-refractivity contribution in [1.29, 1.82) is 0 Å². The van der Waals surface area contributed by atoms with E-state index in [1.807, 2.05) is 18.3 Å². The molecule has 0 N–H and O–H groups in total. The second kappa shape index (κ2) is 8.12. The lowest BCUT2D eigenvalue weighted by atomic mass is 9.66. The Balaban J connectivity index is 1.48.